The van der Waals surface area contributed by atoms with Crippen LogP contribution >= 0.6 is 0 Å². The number of rotatable bonds is 37. The molecular formula is C45H78O5. The van der Waals surface area contributed by atoms with E-state index in [0.29, 0.717) is 19.3 Å². The van der Waals surface area contributed by atoms with Gasteiger partial charge in [0.1, 0.15) is 6.61 Å². The van der Waals surface area contributed by atoms with Crippen LogP contribution in [-0.4, -0.2) is 36.4 Å². The number of aliphatic hydroxyl groups excluding tert-OH is 1. The summed E-state index contributed by atoms with van der Waals surface area (Å²) >= 11 is 0. The zero-order valence-corrected chi connectivity index (χ0v) is 32.6. The highest BCUT2D eigenvalue weighted by atomic mass is 16.6. The first kappa shape index (κ1) is 47.6. The van der Waals surface area contributed by atoms with Gasteiger partial charge in [-0.3, -0.25) is 9.59 Å². The van der Waals surface area contributed by atoms with Gasteiger partial charge < -0.3 is 14.6 Å². The fourth-order valence-corrected chi connectivity index (χ4v) is 5.60. The lowest BCUT2D eigenvalue weighted by atomic mass is 10.1. The molecule has 0 aromatic carbocycles. The monoisotopic (exact) mass is 699 g/mol. The first-order chi connectivity index (χ1) is 24.6. The SMILES string of the molecule is CCCCCC=CCC=CCCCCCCCCCCCC(=O)OC(CO)COC(=O)CCCC=CCC=CCC=CCCCCCCCC. The van der Waals surface area contributed by atoms with Gasteiger partial charge in [0.15, 0.2) is 6.10 Å². The lowest BCUT2D eigenvalue weighted by Crippen LogP contribution is -2.28. The summed E-state index contributed by atoms with van der Waals surface area (Å²) in [6, 6.07) is 0. The molecule has 0 fully saturated rings. The fraction of sp³-hybridized carbons (Fsp3) is 0.733. The Morgan fingerprint density at radius 3 is 1.30 bits per heavy atom. The number of allylic oxidation sites excluding steroid dienone is 10. The van der Waals surface area contributed by atoms with Crippen LogP contribution in [0.4, 0.5) is 0 Å². The first-order valence-electron chi connectivity index (χ1n) is 20.8. The maximum absolute atomic E-state index is 12.2. The second-order valence-corrected chi connectivity index (χ2v) is 13.7. The Kier molecular flexibility index (Phi) is 39.1. The van der Waals surface area contributed by atoms with E-state index in [1.165, 1.54) is 116 Å². The number of carbonyl (C=O) groups excluding carboxylic acids is 2. The molecule has 0 spiro atoms. The summed E-state index contributed by atoms with van der Waals surface area (Å²) in [4.78, 5) is 24.3. The van der Waals surface area contributed by atoms with Crippen molar-refractivity contribution in [3.8, 4) is 0 Å². The molecule has 0 aliphatic rings. The lowest BCUT2D eigenvalue weighted by molar-refractivity contribution is -0.161. The highest BCUT2D eigenvalue weighted by molar-refractivity contribution is 5.70. The number of aliphatic hydroxyl groups is 1. The predicted octanol–water partition coefficient (Wildman–Crippen LogP) is 13.2. The van der Waals surface area contributed by atoms with Crippen molar-refractivity contribution in [2.45, 2.75) is 200 Å². The van der Waals surface area contributed by atoms with Crippen LogP contribution in [0.2, 0.25) is 0 Å². The van der Waals surface area contributed by atoms with Gasteiger partial charge in [-0.1, -0.05) is 164 Å². The van der Waals surface area contributed by atoms with Gasteiger partial charge in [0.25, 0.3) is 0 Å². The van der Waals surface area contributed by atoms with Crippen molar-refractivity contribution >= 4 is 11.9 Å². The molecule has 0 aliphatic carbocycles. The van der Waals surface area contributed by atoms with Crippen molar-refractivity contribution in [3.63, 3.8) is 0 Å². The molecule has 0 aliphatic heterocycles. The third kappa shape index (κ3) is 38.4. The molecule has 0 radical (unpaired) electrons. The Hall–Kier alpha value is -2.40. The summed E-state index contributed by atoms with van der Waals surface area (Å²) in [6.07, 6.45) is 52.9. The van der Waals surface area contributed by atoms with Gasteiger partial charge >= 0.3 is 11.9 Å². The molecule has 5 nitrogen and oxygen atoms in total. The van der Waals surface area contributed by atoms with Crippen molar-refractivity contribution in [2.24, 2.45) is 0 Å². The summed E-state index contributed by atoms with van der Waals surface area (Å²) in [5.74, 6) is -0.658. The standard InChI is InChI=1S/C45H78O5/c1-3-5-7-9-11-13-15-17-19-21-22-24-26-28-30-32-34-36-38-40-45(48)50-43(41-46)42-49-44(47)39-37-35-33-31-29-27-25-23-20-18-16-14-12-10-8-6-4-2/h11,13,17-20,25,27,31,33,43,46H,3-10,12,14-16,21-24,26,28-30,32,34-42H2,1-2H3. The van der Waals surface area contributed by atoms with Gasteiger partial charge in [-0.2, -0.15) is 0 Å². The number of unbranched alkanes of at least 4 members (excludes halogenated alkanes) is 19. The quantitative estimate of drug-likeness (QED) is 0.0397. The van der Waals surface area contributed by atoms with Crippen LogP contribution in [0.1, 0.15) is 194 Å². The lowest BCUT2D eigenvalue weighted by Gasteiger charge is -2.15. The van der Waals surface area contributed by atoms with Crippen molar-refractivity contribution in [2.75, 3.05) is 13.2 Å². The number of esters is 2. The van der Waals surface area contributed by atoms with Crippen molar-refractivity contribution in [1.29, 1.82) is 0 Å². The molecule has 5 heteroatoms. The zero-order chi connectivity index (χ0) is 36.4. The zero-order valence-electron chi connectivity index (χ0n) is 32.6. The Morgan fingerprint density at radius 1 is 0.460 bits per heavy atom. The van der Waals surface area contributed by atoms with Crippen LogP contribution in [-0.2, 0) is 19.1 Å². The first-order valence-corrected chi connectivity index (χ1v) is 20.8. The Balaban J connectivity index is 3.64. The molecule has 0 heterocycles. The highest BCUT2D eigenvalue weighted by Crippen LogP contribution is 2.13. The van der Waals surface area contributed by atoms with Crippen molar-refractivity contribution < 1.29 is 24.2 Å². The van der Waals surface area contributed by atoms with Gasteiger partial charge in [0.2, 0.25) is 0 Å². The van der Waals surface area contributed by atoms with Crippen LogP contribution in [0, 0.1) is 0 Å². The molecule has 0 amide bonds. The molecular weight excluding hydrogens is 620 g/mol. The second-order valence-electron chi connectivity index (χ2n) is 13.7. The normalized spacial score (nSPS) is 12.8. The molecule has 1 N–H and O–H groups in total. The summed E-state index contributed by atoms with van der Waals surface area (Å²) in [5.41, 5.74) is 0. The molecule has 1 atom stereocenters. The van der Waals surface area contributed by atoms with Crippen molar-refractivity contribution in [1.82, 2.24) is 0 Å². The third-order valence-electron chi connectivity index (χ3n) is 8.78. The van der Waals surface area contributed by atoms with Gasteiger partial charge in [-0.25, -0.2) is 0 Å². The average molecular weight is 699 g/mol. The smallest absolute Gasteiger partial charge is 0.306 e. The minimum atomic E-state index is -0.795. The van der Waals surface area contributed by atoms with E-state index in [0.717, 1.165) is 44.9 Å². The van der Waals surface area contributed by atoms with E-state index in [4.69, 9.17) is 9.47 Å². The van der Waals surface area contributed by atoms with Gasteiger partial charge in [-0.15, -0.1) is 0 Å². The van der Waals surface area contributed by atoms with Gasteiger partial charge in [0.05, 0.1) is 6.61 Å². The van der Waals surface area contributed by atoms with E-state index in [9.17, 15) is 14.7 Å². The summed E-state index contributed by atoms with van der Waals surface area (Å²) in [6.45, 7) is 4.06. The van der Waals surface area contributed by atoms with Crippen LogP contribution in [0.5, 0.6) is 0 Å². The number of ether oxygens (including phenoxy) is 2. The minimum absolute atomic E-state index is 0.0953. The fourth-order valence-electron chi connectivity index (χ4n) is 5.60. The van der Waals surface area contributed by atoms with Crippen LogP contribution in [0.15, 0.2) is 60.8 Å². The molecule has 288 valence electrons. The second kappa shape index (κ2) is 41.0. The number of hydrogen-bond donors (Lipinski definition) is 1. The molecule has 0 rings (SSSR count). The van der Waals surface area contributed by atoms with E-state index in [2.05, 4.69) is 74.6 Å². The summed E-state index contributed by atoms with van der Waals surface area (Å²) in [5, 5.41) is 9.56. The molecule has 0 saturated carbocycles. The molecule has 0 saturated heterocycles. The van der Waals surface area contributed by atoms with Crippen LogP contribution < -0.4 is 0 Å². The summed E-state index contributed by atoms with van der Waals surface area (Å²) in [7, 11) is 0. The van der Waals surface area contributed by atoms with E-state index in [1.54, 1.807) is 0 Å². The predicted molar refractivity (Wildman–Crippen MR) is 214 cm³/mol. The molecule has 0 bridgehead atoms. The minimum Gasteiger partial charge on any atom is -0.462 e. The summed E-state index contributed by atoms with van der Waals surface area (Å²) < 4.78 is 10.6. The largest absolute Gasteiger partial charge is 0.462 e. The third-order valence-corrected chi connectivity index (χ3v) is 8.78. The highest BCUT2D eigenvalue weighted by Gasteiger charge is 2.16. The topological polar surface area (TPSA) is 72.8 Å². The van der Waals surface area contributed by atoms with E-state index in [-0.39, 0.29) is 25.2 Å². The van der Waals surface area contributed by atoms with E-state index >= 15 is 0 Å². The van der Waals surface area contributed by atoms with Crippen LogP contribution in [0.3, 0.4) is 0 Å². The molecule has 0 aromatic rings. The Labute approximate surface area is 309 Å². The molecule has 1 unspecified atom stereocenters. The Bertz CT molecular complexity index is 884. The molecule has 50 heavy (non-hydrogen) atoms. The van der Waals surface area contributed by atoms with E-state index < -0.39 is 6.10 Å². The average Bonchev–Trinajstić information content (AvgIpc) is 3.12. The maximum Gasteiger partial charge on any atom is 0.306 e. The number of hydrogen-bond acceptors (Lipinski definition) is 5. The molecule has 0 aromatic heterocycles. The maximum atomic E-state index is 12.2. The van der Waals surface area contributed by atoms with Crippen LogP contribution in [0.25, 0.3) is 0 Å². The van der Waals surface area contributed by atoms with Crippen molar-refractivity contribution in [3.05, 3.63) is 60.8 Å². The van der Waals surface area contributed by atoms with Gasteiger partial charge in [0, 0.05) is 12.8 Å². The van der Waals surface area contributed by atoms with E-state index in [1.807, 2.05) is 0 Å². The number of carbonyl (C=O) groups is 2. The Morgan fingerprint density at radius 2 is 0.820 bits per heavy atom. The van der Waals surface area contributed by atoms with Gasteiger partial charge in [-0.05, 0) is 77.0 Å².